The van der Waals surface area contributed by atoms with Gasteiger partial charge in [-0.2, -0.15) is 0 Å². The summed E-state index contributed by atoms with van der Waals surface area (Å²) < 4.78 is 0. The predicted molar refractivity (Wildman–Crippen MR) is 73.1 cm³/mol. The number of nitrogens with one attached hydrogen (secondary N) is 2. The summed E-state index contributed by atoms with van der Waals surface area (Å²) in [6.07, 6.45) is 3.38. The van der Waals surface area contributed by atoms with Gasteiger partial charge in [0, 0.05) is 26.0 Å². The normalized spacial score (nSPS) is 9.95. The highest BCUT2D eigenvalue weighted by atomic mass is 32.1. The number of hydrogen-bond donors (Lipinski definition) is 2. The second-order valence-electron chi connectivity index (χ2n) is 3.79. The average Bonchev–Trinajstić information content (AvgIpc) is 2.95. The minimum absolute atomic E-state index is 0.184. The topological polar surface area (TPSA) is 71.1 Å². The van der Waals surface area contributed by atoms with E-state index in [9.17, 15) is 9.59 Å². The Morgan fingerprint density at radius 3 is 2.58 bits per heavy atom. The highest BCUT2D eigenvalue weighted by Crippen LogP contribution is 2.16. The number of rotatable bonds is 4. The molecule has 2 aromatic rings. The molecule has 0 atom stereocenters. The van der Waals surface area contributed by atoms with Crippen LogP contribution in [0.4, 0.5) is 0 Å². The SMILES string of the molecule is CNC(=O)c1ccc(C(=O)NCc2cccnc2)s1. The van der Waals surface area contributed by atoms with Crippen molar-refractivity contribution in [2.24, 2.45) is 0 Å². The Hall–Kier alpha value is -2.21. The summed E-state index contributed by atoms with van der Waals surface area (Å²) >= 11 is 1.17. The van der Waals surface area contributed by atoms with Crippen LogP contribution < -0.4 is 10.6 Å². The van der Waals surface area contributed by atoms with Crippen LogP contribution in [-0.2, 0) is 6.54 Å². The molecule has 0 aliphatic rings. The highest BCUT2D eigenvalue weighted by Gasteiger charge is 2.12. The second kappa shape index (κ2) is 6.10. The number of carbonyl (C=O) groups is 2. The van der Waals surface area contributed by atoms with E-state index >= 15 is 0 Å². The van der Waals surface area contributed by atoms with Crippen molar-refractivity contribution in [2.75, 3.05) is 7.05 Å². The summed E-state index contributed by atoms with van der Waals surface area (Å²) in [6.45, 7) is 0.417. The molecule has 98 valence electrons. The van der Waals surface area contributed by atoms with E-state index in [1.54, 1.807) is 31.6 Å². The molecule has 2 rings (SSSR count). The lowest BCUT2D eigenvalue weighted by molar-refractivity contribution is 0.0952. The van der Waals surface area contributed by atoms with Gasteiger partial charge in [0.05, 0.1) is 9.75 Å². The number of thiophene rings is 1. The zero-order chi connectivity index (χ0) is 13.7. The van der Waals surface area contributed by atoms with Crippen LogP contribution in [0.5, 0.6) is 0 Å². The monoisotopic (exact) mass is 275 g/mol. The van der Waals surface area contributed by atoms with Crippen LogP contribution in [0.25, 0.3) is 0 Å². The van der Waals surface area contributed by atoms with E-state index in [1.165, 1.54) is 11.3 Å². The van der Waals surface area contributed by atoms with Crippen LogP contribution in [0.3, 0.4) is 0 Å². The molecule has 19 heavy (non-hydrogen) atoms. The first kappa shape index (κ1) is 13.2. The lowest BCUT2D eigenvalue weighted by atomic mass is 10.3. The molecule has 0 saturated carbocycles. The first-order chi connectivity index (χ1) is 9.20. The van der Waals surface area contributed by atoms with Crippen molar-refractivity contribution >= 4 is 23.2 Å². The van der Waals surface area contributed by atoms with E-state index in [1.807, 2.05) is 12.1 Å². The van der Waals surface area contributed by atoms with Gasteiger partial charge in [0.25, 0.3) is 11.8 Å². The van der Waals surface area contributed by atoms with Crippen molar-refractivity contribution in [1.82, 2.24) is 15.6 Å². The van der Waals surface area contributed by atoms with E-state index in [-0.39, 0.29) is 11.8 Å². The number of carbonyl (C=O) groups excluding carboxylic acids is 2. The quantitative estimate of drug-likeness (QED) is 0.886. The van der Waals surface area contributed by atoms with Crippen molar-refractivity contribution in [3.05, 3.63) is 52.0 Å². The number of nitrogens with zero attached hydrogens (tertiary/aromatic N) is 1. The molecule has 0 radical (unpaired) electrons. The summed E-state index contributed by atoms with van der Waals surface area (Å²) in [5.74, 6) is -0.375. The van der Waals surface area contributed by atoms with Crippen LogP contribution in [-0.4, -0.2) is 23.8 Å². The van der Waals surface area contributed by atoms with Gasteiger partial charge in [-0.25, -0.2) is 0 Å². The Morgan fingerprint density at radius 2 is 1.95 bits per heavy atom. The molecule has 0 aromatic carbocycles. The zero-order valence-electron chi connectivity index (χ0n) is 10.3. The maximum atomic E-state index is 11.9. The molecule has 0 spiro atoms. The maximum absolute atomic E-state index is 11.9. The molecule has 2 amide bonds. The molecule has 0 aliphatic carbocycles. The summed E-state index contributed by atoms with van der Waals surface area (Å²) in [4.78, 5) is 28.3. The molecule has 2 aromatic heterocycles. The first-order valence-electron chi connectivity index (χ1n) is 5.69. The van der Waals surface area contributed by atoms with Gasteiger partial charge in [0.2, 0.25) is 0 Å². The van der Waals surface area contributed by atoms with Crippen LogP contribution in [0.1, 0.15) is 24.9 Å². The van der Waals surface area contributed by atoms with Crippen LogP contribution in [0, 0.1) is 0 Å². The largest absolute Gasteiger partial charge is 0.354 e. The third kappa shape index (κ3) is 3.38. The van der Waals surface area contributed by atoms with Gasteiger partial charge in [0.15, 0.2) is 0 Å². The molecule has 0 aliphatic heterocycles. The standard InChI is InChI=1S/C13H13N3O2S/c1-14-12(17)10-4-5-11(19-10)13(18)16-8-9-3-2-6-15-7-9/h2-7H,8H2,1H3,(H,14,17)(H,16,18). The van der Waals surface area contributed by atoms with Crippen molar-refractivity contribution in [1.29, 1.82) is 0 Å². The molecule has 0 fully saturated rings. The smallest absolute Gasteiger partial charge is 0.261 e. The Labute approximate surface area is 114 Å². The van der Waals surface area contributed by atoms with E-state index in [2.05, 4.69) is 15.6 Å². The Balaban J connectivity index is 1.97. The van der Waals surface area contributed by atoms with Crippen molar-refractivity contribution in [3.63, 3.8) is 0 Å². The summed E-state index contributed by atoms with van der Waals surface area (Å²) in [6, 6.07) is 6.99. The van der Waals surface area contributed by atoms with Crippen LogP contribution in [0.15, 0.2) is 36.7 Å². The zero-order valence-corrected chi connectivity index (χ0v) is 11.2. The van der Waals surface area contributed by atoms with E-state index in [0.717, 1.165) is 5.56 Å². The summed E-state index contributed by atoms with van der Waals surface area (Å²) in [5, 5.41) is 5.31. The fourth-order valence-electron chi connectivity index (χ4n) is 1.48. The average molecular weight is 275 g/mol. The summed E-state index contributed by atoms with van der Waals surface area (Å²) in [5.41, 5.74) is 0.930. The molecule has 5 nitrogen and oxygen atoms in total. The predicted octanol–water partition coefficient (Wildman–Crippen LogP) is 1.43. The fraction of sp³-hybridized carbons (Fsp3) is 0.154. The minimum atomic E-state index is -0.191. The molecular formula is C13H13N3O2S. The second-order valence-corrected chi connectivity index (χ2v) is 4.87. The van der Waals surface area contributed by atoms with Crippen LogP contribution in [0.2, 0.25) is 0 Å². The molecule has 0 bridgehead atoms. The molecule has 2 N–H and O–H groups in total. The van der Waals surface area contributed by atoms with E-state index < -0.39 is 0 Å². The van der Waals surface area contributed by atoms with Crippen molar-refractivity contribution in [2.45, 2.75) is 6.54 Å². The Kier molecular flexibility index (Phi) is 4.25. The third-order valence-electron chi connectivity index (χ3n) is 2.46. The third-order valence-corrected chi connectivity index (χ3v) is 3.54. The highest BCUT2D eigenvalue weighted by molar-refractivity contribution is 7.15. The van der Waals surface area contributed by atoms with Crippen molar-refractivity contribution < 1.29 is 9.59 Å². The molecule has 2 heterocycles. The first-order valence-corrected chi connectivity index (χ1v) is 6.51. The Bertz CT molecular complexity index is 581. The van der Waals surface area contributed by atoms with Gasteiger partial charge in [-0.05, 0) is 23.8 Å². The molecular weight excluding hydrogens is 262 g/mol. The van der Waals surface area contributed by atoms with Gasteiger partial charge in [-0.15, -0.1) is 11.3 Å². The van der Waals surface area contributed by atoms with Gasteiger partial charge >= 0.3 is 0 Å². The van der Waals surface area contributed by atoms with E-state index in [0.29, 0.717) is 16.3 Å². The van der Waals surface area contributed by atoms with E-state index in [4.69, 9.17) is 0 Å². The van der Waals surface area contributed by atoms with Crippen molar-refractivity contribution in [3.8, 4) is 0 Å². The van der Waals surface area contributed by atoms with Gasteiger partial charge in [-0.3, -0.25) is 14.6 Å². The number of aromatic nitrogens is 1. The minimum Gasteiger partial charge on any atom is -0.354 e. The number of pyridine rings is 1. The van der Waals surface area contributed by atoms with Crippen LogP contribution >= 0.6 is 11.3 Å². The maximum Gasteiger partial charge on any atom is 0.261 e. The lowest BCUT2D eigenvalue weighted by Gasteiger charge is -2.02. The lowest BCUT2D eigenvalue weighted by Crippen LogP contribution is -2.21. The number of amides is 2. The molecule has 0 saturated heterocycles. The number of hydrogen-bond acceptors (Lipinski definition) is 4. The molecule has 0 unspecified atom stereocenters. The van der Waals surface area contributed by atoms with Gasteiger partial charge in [0.1, 0.15) is 0 Å². The Morgan fingerprint density at radius 1 is 1.21 bits per heavy atom. The van der Waals surface area contributed by atoms with Gasteiger partial charge in [-0.1, -0.05) is 6.07 Å². The fourth-order valence-corrected chi connectivity index (χ4v) is 2.35. The summed E-state index contributed by atoms with van der Waals surface area (Å²) in [7, 11) is 1.56. The van der Waals surface area contributed by atoms with Gasteiger partial charge < -0.3 is 10.6 Å². The molecule has 6 heteroatoms.